The van der Waals surface area contributed by atoms with E-state index in [-0.39, 0.29) is 28.9 Å². The molecule has 1 aromatic rings. The summed E-state index contributed by atoms with van der Waals surface area (Å²) in [7, 11) is -5.64. The van der Waals surface area contributed by atoms with Crippen molar-refractivity contribution in [3.8, 4) is 11.5 Å². The molecule has 5 nitrogen and oxygen atoms in total. The average Bonchev–Trinajstić information content (AvgIpc) is 2.73. The third kappa shape index (κ3) is 2.88. The zero-order valence-corrected chi connectivity index (χ0v) is 10.6. The van der Waals surface area contributed by atoms with Gasteiger partial charge in [0.2, 0.25) is 6.79 Å². The van der Waals surface area contributed by atoms with Gasteiger partial charge in [0.05, 0.1) is 11.6 Å². The molecule has 0 fully saturated rings. The van der Waals surface area contributed by atoms with Crippen LogP contribution in [0.3, 0.4) is 0 Å². The lowest BCUT2D eigenvalue weighted by Gasteiger charge is -2.09. The van der Waals surface area contributed by atoms with Crippen LogP contribution in [0.15, 0.2) is 12.1 Å². The van der Waals surface area contributed by atoms with Crippen molar-refractivity contribution >= 4 is 21.7 Å². The molecule has 1 aliphatic rings. The van der Waals surface area contributed by atoms with Gasteiger partial charge >= 0.3 is 15.6 Å². The highest BCUT2D eigenvalue weighted by Crippen LogP contribution is 2.40. The molecule has 2 rings (SSSR count). The van der Waals surface area contributed by atoms with Gasteiger partial charge in [-0.25, -0.2) is 0 Å². The molecule has 0 spiro atoms. The van der Waals surface area contributed by atoms with E-state index in [1.807, 2.05) is 0 Å². The molecule has 1 aromatic carbocycles. The highest BCUT2D eigenvalue weighted by atomic mass is 35.5. The van der Waals surface area contributed by atoms with E-state index in [1.54, 1.807) is 0 Å². The fourth-order valence-corrected chi connectivity index (χ4v) is 2.03. The fraction of sp³-hybridized carbons (Fsp3) is 0.333. The van der Waals surface area contributed by atoms with E-state index in [1.165, 1.54) is 12.1 Å². The SMILES string of the molecule is O=S(=O)(OCc1cc(Cl)c2c(c1)OCO2)C(F)(F)F. The Balaban J connectivity index is 2.16. The minimum atomic E-state index is -5.64. The van der Waals surface area contributed by atoms with Crippen molar-refractivity contribution in [1.29, 1.82) is 0 Å². The normalized spacial score (nSPS) is 14.7. The summed E-state index contributed by atoms with van der Waals surface area (Å²) < 4.78 is 71.4. The van der Waals surface area contributed by atoms with Gasteiger partial charge in [-0.15, -0.1) is 0 Å². The molecule has 0 saturated heterocycles. The summed E-state index contributed by atoms with van der Waals surface area (Å²) in [5.74, 6) is 0.472. The van der Waals surface area contributed by atoms with Crippen LogP contribution in [0.4, 0.5) is 13.2 Å². The van der Waals surface area contributed by atoms with Crippen LogP contribution < -0.4 is 9.47 Å². The van der Waals surface area contributed by atoms with Gasteiger partial charge in [0.25, 0.3) is 0 Å². The predicted molar refractivity (Wildman–Crippen MR) is 57.3 cm³/mol. The predicted octanol–water partition coefficient (Wildman–Crippen LogP) is 2.43. The second-order valence-electron chi connectivity index (χ2n) is 3.47. The van der Waals surface area contributed by atoms with Crippen molar-refractivity contribution in [3.63, 3.8) is 0 Å². The van der Waals surface area contributed by atoms with Gasteiger partial charge in [0.15, 0.2) is 11.5 Å². The quantitative estimate of drug-likeness (QED) is 0.633. The van der Waals surface area contributed by atoms with E-state index >= 15 is 0 Å². The largest absolute Gasteiger partial charge is 0.523 e. The number of rotatable bonds is 3. The summed E-state index contributed by atoms with van der Waals surface area (Å²) >= 11 is 5.78. The van der Waals surface area contributed by atoms with E-state index in [2.05, 4.69) is 4.18 Å². The lowest BCUT2D eigenvalue weighted by Crippen LogP contribution is -2.25. The van der Waals surface area contributed by atoms with Crippen molar-refractivity contribution in [3.05, 3.63) is 22.7 Å². The van der Waals surface area contributed by atoms with Gasteiger partial charge in [-0.05, 0) is 17.7 Å². The summed E-state index contributed by atoms with van der Waals surface area (Å²) in [6.07, 6.45) is 0. The van der Waals surface area contributed by atoms with Crippen molar-refractivity contribution in [1.82, 2.24) is 0 Å². The second kappa shape index (κ2) is 4.73. The lowest BCUT2D eigenvalue weighted by atomic mass is 10.2. The highest BCUT2D eigenvalue weighted by molar-refractivity contribution is 7.87. The minimum absolute atomic E-state index is 0.0692. The molecular formula is C9H6ClF3O5S. The zero-order chi connectivity index (χ0) is 14.3. The van der Waals surface area contributed by atoms with Gasteiger partial charge in [0, 0.05) is 0 Å². The Morgan fingerprint density at radius 2 is 2.00 bits per heavy atom. The fourth-order valence-electron chi connectivity index (χ4n) is 1.32. The van der Waals surface area contributed by atoms with Gasteiger partial charge in [-0.3, -0.25) is 4.18 Å². The molecule has 1 aliphatic heterocycles. The Hall–Kier alpha value is -1.19. The van der Waals surface area contributed by atoms with E-state index in [0.717, 1.165) is 0 Å². The first-order chi connectivity index (χ1) is 8.71. The van der Waals surface area contributed by atoms with Crippen LogP contribution >= 0.6 is 11.6 Å². The van der Waals surface area contributed by atoms with Gasteiger partial charge in [-0.2, -0.15) is 21.6 Å². The molecule has 0 saturated carbocycles. The molecule has 0 N–H and O–H groups in total. The Kier molecular flexibility index (Phi) is 3.54. The molecule has 1 heterocycles. The summed E-state index contributed by atoms with van der Waals surface area (Å²) in [5.41, 5.74) is -5.35. The second-order valence-corrected chi connectivity index (χ2v) is 5.49. The molecule has 0 bridgehead atoms. The van der Waals surface area contributed by atoms with Gasteiger partial charge in [-0.1, -0.05) is 11.6 Å². The third-order valence-corrected chi connectivity index (χ3v) is 3.43. The highest BCUT2D eigenvalue weighted by Gasteiger charge is 2.47. The number of ether oxygens (including phenoxy) is 2. The Morgan fingerprint density at radius 1 is 1.32 bits per heavy atom. The lowest BCUT2D eigenvalue weighted by molar-refractivity contribution is -0.0547. The van der Waals surface area contributed by atoms with Crippen LogP contribution in [0.5, 0.6) is 11.5 Å². The maximum atomic E-state index is 12.1. The molecule has 10 heteroatoms. The summed E-state index contributed by atoms with van der Waals surface area (Å²) in [6, 6.07) is 2.53. The molecule has 0 amide bonds. The number of fused-ring (bicyclic) bond motifs is 1. The molecular weight excluding hydrogens is 313 g/mol. The summed E-state index contributed by atoms with van der Waals surface area (Å²) in [5, 5.41) is 0.0954. The Labute approximate surface area is 110 Å². The number of hydrogen-bond donors (Lipinski definition) is 0. The number of benzene rings is 1. The molecule has 0 radical (unpaired) electrons. The Bertz CT molecular complexity index is 599. The Morgan fingerprint density at radius 3 is 2.63 bits per heavy atom. The topological polar surface area (TPSA) is 61.8 Å². The summed E-state index contributed by atoms with van der Waals surface area (Å²) in [4.78, 5) is 0. The van der Waals surface area contributed by atoms with Crippen LogP contribution in [0.25, 0.3) is 0 Å². The molecule has 106 valence electrons. The maximum absolute atomic E-state index is 12.1. The number of halogens is 4. The average molecular weight is 319 g/mol. The minimum Gasteiger partial charge on any atom is -0.454 e. The van der Waals surface area contributed by atoms with E-state index in [4.69, 9.17) is 21.1 Å². The first-order valence-corrected chi connectivity index (χ1v) is 6.53. The van der Waals surface area contributed by atoms with Crippen molar-refractivity contribution < 1.29 is 35.2 Å². The standard InChI is InChI=1S/C9H6ClF3O5S/c10-6-1-5(2-7-8(6)17-4-16-7)3-18-19(14,15)9(11,12)13/h1-2H,3-4H2. The van der Waals surface area contributed by atoms with Crippen LogP contribution in [-0.4, -0.2) is 20.7 Å². The van der Waals surface area contributed by atoms with Crippen molar-refractivity contribution in [2.24, 2.45) is 0 Å². The smallest absolute Gasteiger partial charge is 0.454 e. The first kappa shape index (κ1) is 14.2. The monoisotopic (exact) mass is 318 g/mol. The molecule has 19 heavy (non-hydrogen) atoms. The zero-order valence-electron chi connectivity index (χ0n) is 9.03. The third-order valence-electron chi connectivity index (χ3n) is 2.15. The van der Waals surface area contributed by atoms with E-state index < -0.39 is 22.2 Å². The number of alkyl halides is 3. The van der Waals surface area contributed by atoms with Crippen molar-refractivity contribution in [2.45, 2.75) is 12.1 Å². The molecule has 0 atom stereocenters. The van der Waals surface area contributed by atoms with Crippen molar-refractivity contribution in [2.75, 3.05) is 6.79 Å². The molecule has 0 unspecified atom stereocenters. The van der Waals surface area contributed by atoms with Crippen LogP contribution in [0, 0.1) is 0 Å². The van der Waals surface area contributed by atoms with Gasteiger partial charge < -0.3 is 9.47 Å². The van der Waals surface area contributed by atoms with Crippen LogP contribution in [0.1, 0.15) is 5.56 Å². The summed E-state index contributed by atoms with van der Waals surface area (Å²) in [6.45, 7) is -0.877. The molecule has 0 aromatic heterocycles. The number of hydrogen-bond acceptors (Lipinski definition) is 5. The molecule has 0 aliphatic carbocycles. The van der Waals surface area contributed by atoms with E-state index in [9.17, 15) is 21.6 Å². The maximum Gasteiger partial charge on any atom is 0.523 e. The van der Waals surface area contributed by atoms with Crippen LogP contribution in [-0.2, 0) is 20.9 Å². The first-order valence-electron chi connectivity index (χ1n) is 4.74. The van der Waals surface area contributed by atoms with Gasteiger partial charge in [0.1, 0.15) is 0 Å². The van der Waals surface area contributed by atoms with Crippen LogP contribution in [0.2, 0.25) is 5.02 Å². The van der Waals surface area contributed by atoms with E-state index in [0.29, 0.717) is 0 Å².